The summed E-state index contributed by atoms with van der Waals surface area (Å²) in [6.45, 7) is 5.43. The second-order valence-electron chi connectivity index (χ2n) is 5.58. The number of para-hydroxylation sites is 1. The highest BCUT2D eigenvalue weighted by molar-refractivity contribution is 7.99. The predicted octanol–water partition coefficient (Wildman–Crippen LogP) is 3.85. The van der Waals surface area contributed by atoms with Crippen molar-refractivity contribution in [2.24, 2.45) is 0 Å². The van der Waals surface area contributed by atoms with Gasteiger partial charge in [0.2, 0.25) is 5.91 Å². The number of hydrogen-bond acceptors (Lipinski definition) is 3. The van der Waals surface area contributed by atoms with Crippen molar-refractivity contribution in [3.63, 3.8) is 0 Å². The van der Waals surface area contributed by atoms with E-state index in [1.807, 2.05) is 42.1 Å². The number of carbonyl (C=O) groups is 1. The zero-order valence-electron chi connectivity index (χ0n) is 12.9. The van der Waals surface area contributed by atoms with Crippen molar-refractivity contribution in [3.8, 4) is 0 Å². The average Bonchev–Trinajstić information content (AvgIpc) is 2.51. The fraction of sp³-hybridized carbons (Fsp3) is 0.278. The minimum atomic E-state index is 0.0324. The molecule has 1 aliphatic rings. The summed E-state index contributed by atoms with van der Waals surface area (Å²) in [6.07, 6.45) is 0. The Kier molecular flexibility index (Phi) is 4.39. The predicted molar refractivity (Wildman–Crippen MR) is 93.9 cm³/mol. The Morgan fingerprint density at radius 1 is 1.18 bits per heavy atom. The van der Waals surface area contributed by atoms with Crippen LogP contribution in [0.5, 0.6) is 0 Å². The van der Waals surface area contributed by atoms with Crippen LogP contribution < -0.4 is 10.2 Å². The van der Waals surface area contributed by atoms with Crippen molar-refractivity contribution in [1.82, 2.24) is 0 Å². The van der Waals surface area contributed by atoms with Crippen molar-refractivity contribution < 1.29 is 4.79 Å². The number of nitrogens with zero attached hydrogens (tertiary/aromatic N) is 1. The summed E-state index contributed by atoms with van der Waals surface area (Å²) in [4.78, 5) is 15.7. The molecule has 1 N–H and O–H groups in total. The van der Waals surface area contributed by atoms with E-state index in [4.69, 9.17) is 0 Å². The minimum Gasteiger partial charge on any atom is -0.360 e. The van der Waals surface area contributed by atoms with Crippen LogP contribution in [0.25, 0.3) is 0 Å². The second-order valence-corrected chi connectivity index (χ2v) is 6.72. The van der Waals surface area contributed by atoms with Crippen LogP contribution in [0.2, 0.25) is 0 Å². The summed E-state index contributed by atoms with van der Waals surface area (Å²) >= 11 is 1.85. The number of aryl methyl sites for hydroxylation is 2. The van der Waals surface area contributed by atoms with Crippen LogP contribution in [0.1, 0.15) is 11.1 Å². The highest BCUT2D eigenvalue weighted by Gasteiger charge is 2.19. The van der Waals surface area contributed by atoms with Crippen LogP contribution in [0, 0.1) is 13.8 Å². The van der Waals surface area contributed by atoms with Gasteiger partial charge in [-0.1, -0.05) is 18.2 Å². The quantitative estimate of drug-likeness (QED) is 0.934. The van der Waals surface area contributed by atoms with E-state index in [-0.39, 0.29) is 5.91 Å². The van der Waals surface area contributed by atoms with Crippen LogP contribution in [-0.4, -0.2) is 24.7 Å². The topological polar surface area (TPSA) is 32.3 Å². The number of fused-ring (bicyclic) bond motifs is 1. The maximum absolute atomic E-state index is 12.3. The molecule has 1 heterocycles. The summed E-state index contributed by atoms with van der Waals surface area (Å²) in [5.41, 5.74) is 4.46. The molecule has 0 spiro atoms. The van der Waals surface area contributed by atoms with Crippen molar-refractivity contribution in [3.05, 3.63) is 53.6 Å². The maximum atomic E-state index is 12.3. The summed E-state index contributed by atoms with van der Waals surface area (Å²) in [5.74, 6) is 1.05. The lowest BCUT2D eigenvalue weighted by Crippen LogP contribution is -2.36. The minimum absolute atomic E-state index is 0.0324. The molecule has 0 bridgehead atoms. The van der Waals surface area contributed by atoms with Crippen LogP contribution >= 0.6 is 11.8 Å². The molecule has 22 heavy (non-hydrogen) atoms. The van der Waals surface area contributed by atoms with Crippen molar-refractivity contribution in [2.75, 3.05) is 29.1 Å². The molecule has 2 aromatic carbocycles. The summed E-state index contributed by atoms with van der Waals surface area (Å²) in [6, 6.07) is 14.3. The fourth-order valence-corrected chi connectivity index (χ4v) is 3.64. The lowest BCUT2D eigenvalue weighted by Gasteiger charge is -2.30. The number of anilines is 2. The Morgan fingerprint density at radius 2 is 2.00 bits per heavy atom. The normalized spacial score (nSPS) is 13.6. The monoisotopic (exact) mass is 312 g/mol. The van der Waals surface area contributed by atoms with Gasteiger partial charge in [0.25, 0.3) is 0 Å². The molecule has 1 aliphatic heterocycles. The SMILES string of the molecule is Cc1ccc(NC(=O)CN2CCSc3ccccc32)cc1C. The molecular formula is C18H20N2OS. The van der Waals surface area contributed by atoms with Crippen molar-refractivity contribution in [2.45, 2.75) is 18.7 Å². The van der Waals surface area contributed by atoms with E-state index in [0.29, 0.717) is 6.54 Å². The molecule has 0 atom stereocenters. The van der Waals surface area contributed by atoms with E-state index >= 15 is 0 Å². The number of benzene rings is 2. The third-order valence-electron chi connectivity index (χ3n) is 3.95. The highest BCUT2D eigenvalue weighted by Crippen LogP contribution is 2.34. The highest BCUT2D eigenvalue weighted by atomic mass is 32.2. The first-order valence-corrected chi connectivity index (χ1v) is 8.46. The van der Waals surface area contributed by atoms with E-state index in [0.717, 1.165) is 23.7 Å². The number of rotatable bonds is 3. The summed E-state index contributed by atoms with van der Waals surface area (Å²) in [5, 5.41) is 3.00. The Balaban J connectivity index is 1.69. The first-order chi connectivity index (χ1) is 10.6. The molecule has 0 saturated carbocycles. The third kappa shape index (κ3) is 3.28. The van der Waals surface area contributed by atoms with Crippen LogP contribution in [0.15, 0.2) is 47.4 Å². The number of nitrogens with one attached hydrogen (secondary N) is 1. The van der Waals surface area contributed by atoms with Gasteiger partial charge in [-0.3, -0.25) is 4.79 Å². The van der Waals surface area contributed by atoms with E-state index in [1.54, 1.807) is 0 Å². The molecule has 2 aromatic rings. The zero-order valence-corrected chi connectivity index (χ0v) is 13.7. The molecule has 0 radical (unpaired) electrons. The molecule has 0 saturated heterocycles. The lowest BCUT2D eigenvalue weighted by molar-refractivity contribution is -0.115. The van der Waals surface area contributed by atoms with Crippen LogP contribution in [0.4, 0.5) is 11.4 Å². The standard InChI is InChI=1S/C18H20N2OS/c1-13-7-8-15(11-14(13)2)19-18(21)12-20-9-10-22-17-6-4-3-5-16(17)20/h3-8,11H,9-10,12H2,1-2H3,(H,19,21). The smallest absolute Gasteiger partial charge is 0.243 e. The first-order valence-electron chi connectivity index (χ1n) is 7.47. The molecule has 0 aromatic heterocycles. The Hall–Kier alpha value is -1.94. The molecule has 1 amide bonds. The molecule has 4 heteroatoms. The molecule has 0 unspecified atom stereocenters. The lowest BCUT2D eigenvalue weighted by atomic mass is 10.1. The number of amides is 1. The van der Waals surface area contributed by atoms with E-state index < -0.39 is 0 Å². The largest absolute Gasteiger partial charge is 0.360 e. The average molecular weight is 312 g/mol. The van der Waals surface area contributed by atoms with Crippen molar-refractivity contribution in [1.29, 1.82) is 0 Å². The van der Waals surface area contributed by atoms with Gasteiger partial charge in [0, 0.05) is 22.9 Å². The number of thioether (sulfide) groups is 1. The van der Waals surface area contributed by atoms with E-state index in [2.05, 4.69) is 36.2 Å². The van der Waals surface area contributed by atoms with Crippen LogP contribution in [-0.2, 0) is 4.79 Å². The van der Waals surface area contributed by atoms with Crippen molar-refractivity contribution >= 4 is 29.0 Å². The molecular weight excluding hydrogens is 292 g/mol. The van der Waals surface area contributed by atoms with Gasteiger partial charge >= 0.3 is 0 Å². The molecule has 3 nitrogen and oxygen atoms in total. The van der Waals surface area contributed by atoms with E-state index in [1.165, 1.54) is 16.0 Å². The van der Waals surface area contributed by atoms with Gasteiger partial charge in [-0.15, -0.1) is 11.8 Å². The van der Waals surface area contributed by atoms with Gasteiger partial charge in [-0.05, 0) is 49.2 Å². The van der Waals surface area contributed by atoms with Gasteiger partial charge in [-0.25, -0.2) is 0 Å². The Bertz CT molecular complexity index is 699. The van der Waals surface area contributed by atoms with Gasteiger partial charge in [0.05, 0.1) is 12.2 Å². The second kappa shape index (κ2) is 6.44. The Morgan fingerprint density at radius 3 is 2.82 bits per heavy atom. The fourth-order valence-electron chi connectivity index (χ4n) is 2.58. The maximum Gasteiger partial charge on any atom is 0.243 e. The Labute approximate surface area is 135 Å². The molecule has 3 rings (SSSR count). The molecule has 0 fully saturated rings. The third-order valence-corrected chi connectivity index (χ3v) is 4.99. The zero-order chi connectivity index (χ0) is 15.5. The van der Waals surface area contributed by atoms with Gasteiger partial charge in [0.1, 0.15) is 0 Å². The number of hydrogen-bond donors (Lipinski definition) is 1. The van der Waals surface area contributed by atoms with Gasteiger partial charge < -0.3 is 10.2 Å². The van der Waals surface area contributed by atoms with E-state index in [9.17, 15) is 4.79 Å². The summed E-state index contributed by atoms with van der Waals surface area (Å²) < 4.78 is 0. The van der Waals surface area contributed by atoms with Gasteiger partial charge in [-0.2, -0.15) is 0 Å². The first kappa shape index (κ1) is 15.0. The van der Waals surface area contributed by atoms with Crippen LogP contribution in [0.3, 0.4) is 0 Å². The molecule has 114 valence electrons. The molecule has 0 aliphatic carbocycles. The number of carbonyl (C=O) groups excluding carboxylic acids is 1. The van der Waals surface area contributed by atoms with Gasteiger partial charge in [0.15, 0.2) is 0 Å². The summed E-state index contributed by atoms with van der Waals surface area (Å²) in [7, 11) is 0.